The predicted octanol–water partition coefficient (Wildman–Crippen LogP) is 3.62. The quantitative estimate of drug-likeness (QED) is 0.675. The van der Waals surface area contributed by atoms with Crippen molar-refractivity contribution in [3.05, 3.63) is 18.2 Å². The van der Waals surface area contributed by atoms with Gasteiger partial charge in [0.1, 0.15) is 0 Å². The van der Waals surface area contributed by atoms with Crippen molar-refractivity contribution in [3.63, 3.8) is 0 Å². The third-order valence-electron chi connectivity index (χ3n) is 7.59. The minimum Gasteiger partial charge on any atom is -0.454 e. The third-order valence-corrected chi connectivity index (χ3v) is 7.94. The summed E-state index contributed by atoms with van der Waals surface area (Å²) in [7, 11) is 0. The van der Waals surface area contributed by atoms with Crippen LogP contribution in [0, 0.1) is 11.8 Å². The number of nitrogens with one attached hydrogen (secondary N) is 1. The summed E-state index contributed by atoms with van der Waals surface area (Å²) in [6, 6.07) is 6.54. The SMILES string of the molecule is O=C(NC1CCC(CCN2CCN(c3cccc4c3OCO4)CC2)CC1)C1CC(Cl)C1. The molecular weight excluding hydrogens is 414 g/mol. The van der Waals surface area contributed by atoms with Crippen molar-refractivity contribution >= 4 is 23.2 Å². The lowest BCUT2D eigenvalue weighted by atomic mass is 9.81. The summed E-state index contributed by atoms with van der Waals surface area (Å²) in [5.74, 6) is 2.96. The van der Waals surface area contributed by atoms with E-state index in [0.717, 1.165) is 69.3 Å². The first-order valence-corrected chi connectivity index (χ1v) is 12.4. The molecule has 1 amide bonds. The van der Waals surface area contributed by atoms with Crippen molar-refractivity contribution in [3.8, 4) is 11.5 Å². The molecule has 2 aliphatic heterocycles. The molecule has 1 aromatic rings. The van der Waals surface area contributed by atoms with Crippen LogP contribution in [0.3, 0.4) is 0 Å². The van der Waals surface area contributed by atoms with Gasteiger partial charge in [-0.15, -0.1) is 11.6 Å². The average molecular weight is 448 g/mol. The van der Waals surface area contributed by atoms with Crippen LogP contribution in [0.2, 0.25) is 0 Å². The predicted molar refractivity (Wildman–Crippen MR) is 122 cm³/mol. The van der Waals surface area contributed by atoms with E-state index >= 15 is 0 Å². The summed E-state index contributed by atoms with van der Waals surface area (Å²) < 4.78 is 11.2. The van der Waals surface area contributed by atoms with Crippen molar-refractivity contribution in [1.29, 1.82) is 0 Å². The van der Waals surface area contributed by atoms with Crippen molar-refractivity contribution in [1.82, 2.24) is 10.2 Å². The van der Waals surface area contributed by atoms with Gasteiger partial charge in [-0.1, -0.05) is 6.07 Å². The smallest absolute Gasteiger partial charge is 0.231 e. The van der Waals surface area contributed by atoms with Gasteiger partial charge in [0.25, 0.3) is 0 Å². The number of nitrogens with zero attached hydrogens (tertiary/aromatic N) is 2. The van der Waals surface area contributed by atoms with Crippen LogP contribution in [0.5, 0.6) is 11.5 Å². The lowest BCUT2D eigenvalue weighted by molar-refractivity contribution is -0.128. The van der Waals surface area contributed by atoms with Crippen LogP contribution in [0.1, 0.15) is 44.9 Å². The molecule has 0 aromatic heterocycles. The number of halogens is 1. The van der Waals surface area contributed by atoms with Gasteiger partial charge in [0.2, 0.25) is 12.7 Å². The number of ether oxygens (including phenoxy) is 2. The topological polar surface area (TPSA) is 54.0 Å². The van der Waals surface area contributed by atoms with Crippen LogP contribution in [-0.4, -0.2) is 61.7 Å². The molecule has 7 heteroatoms. The van der Waals surface area contributed by atoms with E-state index in [1.807, 2.05) is 6.07 Å². The van der Waals surface area contributed by atoms with Gasteiger partial charge in [0, 0.05) is 43.5 Å². The molecule has 2 aliphatic carbocycles. The summed E-state index contributed by atoms with van der Waals surface area (Å²) in [6.45, 7) is 5.76. The second-order valence-electron chi connectivity index (χ2n) is 9.62. The van der Waals surface area contributed by atoms with Gasteiger partial charge in [-0.2, -0.15) is 0 Å². The second-order valence-corrected chi connectivity index (χ2v) is 10.2. The van der Waals surface area contributed by atoms with E-state index in [9.17, 15) is 4.79 Å². The first kappa shape index (κ1) is 21.2. The van der Waals surface area contributed by atoms with Crippen molar-refractivity contribution in [2.45, 2.75) is 56.4 Å². The third kappa shape index (κ3) is 4.90. The van der Waals surface area contributed by atoms with E-state index in [2.05, 4.69) is 27.2 Å². The number of hydrogen-bond acceptors (Lipinski definition) is 5. The van der Waals surface area contributed by atoms with Gasteiger partial charge in [-0.25, -0.2) is 0 Å². The van der Waals surface area contributed by atoms with E-state index in [1.165, 1.54) is 31.5 Å². The number of carbonyl (C=O) groups excluding carboxylic acids is 1. The molecule has 2 heterocycles. The first-order chi connectivity index (χ1) is 15.2. The van der Waals surface area contributed by atoms with Crippen LogP contribution >= 0.6 is 11.6 Å². The molecule has 170 valence electrons. The Bertz CT molecular complexity index is 769. The molecule has 3 fully saturated rings. The number of rotatable bonds is 6. The molecule has 0 unspecified atom stereocenters. The Hall–Kier alpha value is -1.66. The van der Waals surface area contributed by atoms with Crippen molar-refractivity contribution in [2.75, 3.05) is 44.4 Å². The maximum Gasteiger partial charge on any atom is 0.231 e. The number of benzene rings is 1. The molecule has 4 aliphatic rings. The van der Waals surface area contributed by atoms with E-state index in [1.54, 1.807) is 0 Å². The molecule has 0 radical (unpaired) electrons. The highest BCUT2D eigenvalue weighted by Crippen LogP contribution is 2.41. The van der Waals surface area contributed by atoms with Gasteiger partial charge >= 0.3 is 0 Å². The zero-order valence-corrected chi connectivity index (χ0v) is 19.0. The van der Waals surface area contributed by atoms with E-state index in [4.69, 9.17) is 21.1 Å². The lowest BCUT2D eigenvalue weighted by Gasteiger charge is -2.37. The molecular formula is C24H34ClN3O3. The summed E-state index contributed by atoms with van der Waals surface area (Å²) >= 11 is 6.01. The largest absolute Gasteiger partial charge is 0.454 e. The summed E-state index contributed by atoms with van der Waals surface area (Å²) in [6.07, 6.45) is 7.70. The molecule has 31 heavy (non-hydrogen) atoms. The Balaban J connectivity index is 1.00. The molecule has 2 saturated carbocycles. The van der Waals surface area contributed by atoms with Crippen LogP contribution in [0.4, 0.5) is 5.69 Å². The minimum atomic E-state index is 0.162. The summed E-state index contributed by atoms with van der Waals surface area (Å²) in [4.78, 5) is 17.3. The van der Waals surface area contributed by atoms with Crippen LogP contribution in [0.15, 0.2) is 18.2 Å². The number of para-hydroxylation sites is 1. The number of anilines is 1. The maximum atomic E-state index is 12.2. The van der Waals surface area contributed by atoms with E-state index in [0.29, 0.717) is 12.8 Å². The normalized spacial score (nSPS) is 30.7. The number of amides is 1. The fraction of sp³-hybridized carbons (Fsp3) is 0.708. The van der Waals surface area contributed by atoms with Gasteiger partial charge < -0.3 is 19.7 Å². The molecule has 1 N–H and O–H groups in total. The van der Waals surface area contributed by atoms with Crippen LogP contribution < -0.4 is 19.7 Å². The van der Waals surface area contributed by atoms with Gasteiger partial charge in [-0.05, 0) is 69.5 Å². The average Bonchev–Trinajstić information content (AvgIpc) is 3.26. The van der Waals surface area contributed by atoms with Gasteiger partial charge in [0.15, 0.2) is 11.5 Å². The number of hydrogen-bond donors (Lipinski definition) is 1. The Morgan fingerprint density at radius 1 is 1.06 bits per heavy atom. The number of carbonyl (C=O) groups is 1. The van der Waals surface area contributed by atoms with Crippen LogP contribution in [0.25, 0.3) is 0 Å². The zero-order valence-electron chi connectivity index (χ0n) is 18.2. The van der Waals surface area contributed by atoms with E-state index in [-0.39, 0.29) is 17.2 Å². The van der Waals surface area contributed by atoms with Gasteiger partial charge in [0.05, 0.1) is 5.69 Å². The van der Waals surface area contributed by atoms with E-state index < -0.39 is 0 Å². The standard InChI is InChI=1S/C24H34ClN3O3/c25-19-14-18(15-19)24(29)26-20-6-4-17(5-7-20)8-9-27-10-12-28(13-11-27)21-2-1-3-22-23(21)31-16-30-22/h1-3,17-20H,4-16H2,(H,26,29). The molecule has 1 aromatic carbocycles. The monoisotopic (exact) mass is 447 g/mol. The van der Waals surface area contributed by atoms with Crippen molar-refractivity contribution in [2.24, 2.45) is 11.8 Å². The van der Waals surface area contributed by atoms with Crippen LogP contribution in [-0.2, 0) is 4.79 Å². The van der Waals surface area contributed by atoms with Gasteiger partial charge in [-0.3, -0.25) is 9.69 Å². The number of piperazine rings is 1. The second kappa shape index (κ2) is 9.45. The Kier molecular flexibility index (Phi) is 6.46. The fourth-order valence-corrected chi connectivity index (χ4v) is 5.85. The van der Waals surface area contributed by atoms with Crippen molar-refractivity contribution < 1.29 is 14.3 Å². The molecule has 1 saturated heterocycles. The Morgan fingerprint density at radius 2 is 1.84 bits per heavy atom. The Morgan fingerprint density at radius 3 is 2.58 bits per heavy atom. The first-order valence-electron chi connectivity index (χ1n) is 12.0. The summed E-state index contributed by atoms with van der Waals surface area (Å²) in [5.41, 5.74) is 1.17. The summed E-state index contributed by atoms with van der Waals surface area (Å²) in [5, 5.41) is 3.49. The molecule has 0 atom stereocenters. The highest BCUT2D eigenvalue weighted by Gasteiger charge is 2.34. The number of fused-ring (bicyclic) bond motifs is 1. The molecule has 0 spiro atoms. The lowest BCUT2D eigenvalue weighted by Crippen LogP contribution is -2.47. The fourth-order valence-electron chi connectivity index (χ4n) is 5.42. The molecule has 5 rings (SSSR count). The molecule has 0 bridgehead atoms. The zero-order chi connectivity index (χ0) is 21.2. The number of alkyl halides is 1. The highest BCUT2D eigenvalue weighted by atomic mass is 35.5. The maximum absolute atomic E-state index is 12.2. The molecule has 6 nitrogen and oxygen atoms in total. The highest BCUT2D eigenvalue weighted by molar-refractivity contribution is 6.21. The minimum absolute atomic E-state index is 0.162. The Labute approximate surface area is 190 Å².